The number of nitrogens with zero attached hydrogens (tertiary/aromatic N) is 1. The molecule has 0 spiro atoms. The van der Waals surface area contributed by atoms with E-state index in [4.69, 9.17) is 18.9 Å². The summed E-state index contributed by atoms with van der Waals surface area (Å²) < 4.78 is 21.4. The number of rotatable bonds is 11. The van der Waals surface area contributed by atoms with Crippen molar-refractivity contribution in [3.8, 4) is 17.2 Å². The number of carbonyl (C=O) groups is 1. The molecule has 0 aliphatic rings. The number of ether oxygens (including phenoxy) is 4. The summed E-state index contributed by atoms with van der Waals surface area (Å²) >= 11 is 0. The fourth-order valence-corrected chi connectivity index (χ4v) is 2.68. The SMILES string of the molecule is COCCOc1cc([N+](=O)[O-])c(C(=O)NCc2ccccc2OC(C)C)cc1OC. The van der Waals surface area contributed by atoms with E-state index in [-0.39, 0.29) is 42.0 Å². The fraction of sp³-hybridized carbons (Fsp3) is 0.381. The van der Waals surface area contributed by atoms with Crippen LogP contribution in [0.5, 0.6) is 17.2 Å². The number of benzene rings is 2. The van der Waals surface area contributed by atoms with Gasteiger partial charge in [0.15, 0.2) is 11.5 Å². The van der Waals surface area contributed by atoms with E-state index in [1.807, 2.05) is 32.0 Å². The Labute approximate surface area is 175 Å². The van der Waals surface area contributed by atoms with Crippen LogP contribution in [0.2, 0.25) is 0 Å². The molecular weight excluding hydrogens is 392 g/mol. The van der Waals surface area contributed by atoms with Gasteiger partial charge in [0, 0.05) is 25.3 Å². The van der Waals surface area contributed by atoms with E-state index in [2.05, 4.69) is 5.32 Å². The minimum absolute atomic E-state index is 0.0298. The number of para-hydroxylation sites is 1. The molecule has 0 aliphatic heterocycles. The second-order valence-electron chi connectivity index (χ2n) is 6.58. The minimum atomic E-state index is -0.632. The molecule has 30 heavy (non-hydrogen) atoms. The normalized spacial score (nSPS) is 10.6. The second kappa shape index (κ2) is 11.0. The maximum Gasteiger partial charge on any atom is 0.286 e. The number of methoxy groups -OCH3 is 2. The molecule has 0 atom stereocenters. The van der Waals surface area contributed by atoms with Crippen LogP contribution in [0.15, 0.2) is 36.4 Å². The molecule has 0 aromatic heterocycles. The summed E-state index contributed by atoms with van der Waals surface area (Å²) in [4.78, 5) is 23.7. The van der Waals surface area contributed by atoms with E-state index >= 15 is 0 Å². The molecule has 1 amide bonds. The zero-order valence-corrected chi connectivity index (χ0v) is 17.5. The monoisotopic (exact) mass is 418 g/mol. The molecule has 2 aromatic rings. The summed E-state index contributed by atoms with van der Waals surface area (Å²) in [5.41, 5.74) is 0.249. The molecule has 0 aliphatic carbocycles. The van der Waals surface area contributed by atoms with Gasteiger partial charge in [-0.05, 0) is 19.9 Å². The Hall–Kier alpha value is -3.33. The van der Waals surface area contributed by atoms with Crippen LogP contribution in [0.4, 0.5) is 5.69 Å². The van der Waals surface area contributed by atoms with Gasteiger partial charge in [-0.25, -0.2) is 0 Å². The summed E-state index contributed by atoms with van der Waals surface area (Å²) in [6.07, 6.45) is -0.0298. The third-order valence-electron chi connectivity index (χ3n) is 4.04. The first-order chi connectivity index (χ1) is 14.4. The highest BCUT2D eigenvalue weighted by atomic mass is 16.6. The maximum absolute atomic E-state index is 12.7. The van der Waals surface area contributed by atoms with E-state index in [9.17, 15) is 14.9 Å². The minimum Gasteiger partial charge on any atom is -0.493 e. The van der Waals surface area contributed by atoms with Gasteiger partial charge in [-0.1, -0.05) is 18.2 Å². The number of carbonyl (C=O) groups excluding carboxylic acids is 1. The number of hydrogen-bond acceptors (Lipinski definition) is 7. The van der Waals surface area contributed by atoms with Gasteiger partial charge in [-0.3, -0.25) is 14.9 Å². The lowest BCUT2D eigenvalue weighted by atomic mass is 10.1. The quantitative estimate of drug-likeness (QED) is 0.339. The van der Waals surface area contributed by atoms with Gasteiger partial charge in [0.2, 0.25) is 0 Å². The number of amides is 1. The molecule has 9 heteroatoms. The predicted molar refractivity (Wildman–Crippen MR) is 110 cm³/mol. The third-order valence-corrected chi connectivity index (χ3v) is 4.04. The van der Waals surface area contributed by atoms with Crippen LogP contribution in [-0.2, 0) is 11.3 Å². The molecule has 162 valence electrons. The molecule has 9 nitrogen and oxygen atoms in total. The third kappa shape index (κ3) is 6.08. The highest BCUT2D eigenvalue weighted by Gasteiger charge is 2.25. The lowest BCUT2D eigenvalue weighted by Crippen LogP contribution is -2.24. The zero-order chi connectivity index (χ0) is 22.1. The average Bonchev–Trinajstić information content (AvgIpc) is 2.72. The Balaban J connectivity index is 2.25. The Morgan fingerprint density at radius 3 is 2.47 bits per heavy atom. The average molecular weight is 418 g/mol. The lowest BCUT2D eigenvalue weighted by molar-refractivity contribution is -0.385. The zero-order valence-electron chi connectivity index (χ0n) is 17.5. The molecule has 0 bridgehead atoms. The van der Waals surface area contributed by atoms with E-state index in [0.717, 1.165) is 5.56 Å². The van der Waals surface area contributed by atoms with Crippen molar-refractivity contribution in [3.63, 3.8) is 0 Å². The van der Waals surface area contributed by atoms with Crippen LogP contribution < -0.4 is 19.5 Å². The van der Waals surface area contributed by atoms with Gasteiger partial charge in [-0.2, -0.15) is 0 Å². The summed E-state index contributed by atoms with van der Waals surface area (Å²) in [7, 11) is 2.91. The highest BCUT2D eigenvalue weighted by Crippen LogP contribution is 2.35. The van der Waals surface area contributed by atoms with E-state index in [1.54, 1.807) is 6.07 Å². The van der Waals surface area contributed by atoms with E-state index < -0.39 is 10.8 Å². The number of nitrogens with one attached hydrogen (secondary N) is 1. The topological polar surface area (TPSA) is 109 Å². The van der Waals surface area contributed by atoms with Gasteiger partial charge < -0.3 is 24.3 Å². The van der Waals surface area contributed by atoms with Gasteiger partial charge in [0.1, 0.15) is 17.9 Å². The molecule has 0 radical (unpaired) electrons. The molecule has 0 unspecified atom stereocenters. The molecule has 0 fully saturated rings. The van der Waals surface area contributed by atoms with E-state index in [0.29, 0.717) is 12.4 Å². The molecule has 0 heterocycles. The van der Waals surface area contributed by atoms with Crippen molar-refractivity contribution in [2.45, 2.75) is 26.5 Å². The number of nitro groups is 1. The largest absolute Gasteiger partial charge is 0.493 e. The molecule has 0 saturated carbocycles. The van der Waals surface area contributed by atoms with Crippen LogP contribution in [-0.4, -0.2) is 44.4 Å². The van der Waals surface area contributed by atoms with Gasteiger partial charge in [-0.15, -0.1) is 0 Å². The Bertz CT molecular complexity index is 884. The Kier molecular flexibility index (Phi) is 8.42. The van der Waals surface area contributed by atoms with Crippen molar-refractivity contribution in [1.82, 2.24) is 5.32 Å². The van der Waals surface area contributed by atoms with Crippen LogP contribution >= 0.6 is 0 Å². The van der Waals surface area contributed by atoms with Gasteiger partial charge >= 0.3 is 0 Å². The summed E-state index contributed by atoms with van der Waals surface area (Å²) in [6, 6.07) is 9.76. The standard InChI is InChI=1S/C21H26N2O7/c1-14(2)30-18-8-6-5-7-15(18)13-22-21(24)16-11-19(28-4)20(29-10-9-27-3)12-17(16)23(25)26/h5-8,11-12,14H,9-10,13H2,1-4H3,(H,22,24). The van der Waals surface area contributed by atoms with Crippen molar-refractivity contribution in [2.24, 2.45) is 0 Å². The molecular formula is C21H26N2O7. The van der Waals surface area contributed by atoms with Crippen molar-refractivity contribution in [1.29, 1.82) is 0 Å². The van der Waals surface area contributed by atoms with Crippen LogP contribution in [0.1, 0.15) is 29.8 Å². The van der Waals surface area contributed by atoms with Gasteiger partial charge in [0.25, 0.3) is 11.6 Å². The number of nitro benzene ring substituents is 1. The Morgan fingerprint density at radius 2 is 1.83 bits per heavy atom. The lowest BCUT2D eigenvalue weighted by Gasteiger charge is -2.15. The van der Waals surface area contributed by atoms with E-state index in [1.165, 1.54) is 26.4 Å². The summed E-state index contributed by atoms with van der Waals surface area (Å²) in [5, 5.41) is 14.2. The summed E-state index contributed by atoms with van der Waals surface area (Å²) in [5.74, 6) is 0.406. The first-order valence-corrected chi connectivity index (χ1v) is 9.38. The predicted octanol–water partition coefficient (Wildman–Crippen LogP) is 3.35. The van der Waals surface area contributed by atoms with Crippen LogP contribution in [0, 0.1) is 10.1 Å². The van der Waals surface area contributed by atoms with Crippen molar-refractivity contribution < 1.29 is 28.7 Å². The number of hydrogen-bond donors (Lipinski definition) is 1. The smallest absolute Gasteiger partial charge is 0.286 e. The summed E-state index contributed by atoms with van der Waals surface area (Å²) in [6.45, 7) is 4.44. The van der Waals surface area contributed by atoms with Crippen LogP contribution in [0.25, 0.3) is 0 Å². The first-order valence-electron chi connectivity index (χ1n) is 9.38. The molecule has 1 N–H and O–H groups in total. The Morgan fingerprint density at radius 1 is 1.10 bits per heavy atom. The van der Waals surface area contributed by atoms with Gasteiger partial charge in [0.05, 0.1) is 30.8 Å². The second-order valence-corrected chi connectivity index (χ2v) is 6.58. The van der Waals surface area contributed by atoms with Crippen LogP contribution in [0.3, 0.4) is 0 Å². The highest BCUT2D eigenvalue weighted by molar-refractivity contribution is 5.99. The maximum atomic E-state index is 12.7. The molecule has 0 saturated heterocycles. The van der Waals surface area contributed by atoms with Crippen molar-refractivity contribution in [3.05, 3.63) is 57.6 Å². The molecule has 2 rings (SSSR count). The fourth-order valence-electron chi connectivity index (χ4n) is 2.68. The molecule has 2 aromatic carbocycles. The van der Waals surface area contributed by atoms with Crippen molar-refractivity contribution >= 4 is 11.6 Å². The van der Waals surface area contributed by atoms with Crippen molar-refractivity contribution in [2.75, 3.05) is 27.4 Å². The first kappa shape index (κ1) is 23.0.